The van der Waals surface area contributed by atoms with Crippen molar-refractivity contribution in [1.82, 2.24) is 20.8 Å². The molecule has 11 heteroatoms. The zero-order valence-electron chi connectivity index (χ0n) is 26.8. The minimum atomic E-state index is -0.561. The third kappa shape index (κ3) is 10.7. The fourth-order valence-corrected chi connectivity index (χ4v) is 7.25. The number of rotatable bonds is 15. The van der Waals surface area contributed by atoms with Gasteiger partial charge in [0, 0.05) is 44.2 Å². The third-order valence-electron chi connectivity index (χ3n) is 7.88. The molecule has 2 amide bonds. The molecule has 1 aromatic heterocycles. The molecule has 0 saturated carbocycles. The van der Waals surface area contributed by atoms with Crippen molar-refractivity contribution < 1.29 is 24.2 Å². The van der Waals surface area contributed by atoms with E-state index in [2.05, 4.69) is 45.1 Å². The summed E-state index contributed by atoms with van der Waals surface area (Å²) in [5.41, 5.74) is 5.94. The molecule has 1 aliphatic rings. The molecule has 3 unspecified atom stereocenters. The second-order valence-electron chi connectivity index (χ2n) is 11.6. The maximum Gasteiger partial charge on any atom is 0.220 e. The number of thioether (sulfide) groups is 1. The van der Waals surface area contributed by atoms with Gasteiger partial charge < -0.3 is 25.2 Å². The van der Waals surface area contributed by atoms with Gasteiger partial charge in [0.2, 0.25) is 11.8 Å². The predicted molar refractivity (Wildman–Crippen MR) is 185 cm³/mol. The fraction of sp³-hybridized carbons (Fsp3) is 0.389. The number of aliphatic hydroxyl groups excluding tert-OH is 1. The standard InChI is InChI=1S/C36H42N4O5S2/c1-24(42)37-17-5-3-4-12-34(43)38-21-27-8-6-9-29(18-27)30-10-7-11-31(19-30)35-44-32(23-46-36-40-39-25(2)47-36)20-33(45-35)28-15-13-26(22-41)14-16-28/h6-11,13-16,18-19,32-33,35,41H,3-5,12,17,20-23H2,1-2H3,(H,37,42)(H,38,43). The number of carbonyl (C=O) groups excluding carboxylic acids is 2. The van der Waals surface area contributed by atoms with Gasteiger partial charge in [-0.3, -0.25) is 9.59 Å². The van der Waals surface area contributed by atoms with E-state index in [4.69, 9.17) is 9.47 Å². The zero-order chi connectivity index (χ0) is 33.0. The lowest BCUT2D eigenvalue weighted by Crippen LogP contribution is -2.31. The first-order valence-electron chi connectivity index (χ1n) is 16.0. The van der Waals surface area contributed by atoms with Gasteiger partial charge in [-0.2, -0.15) is 0 Å². The molecule has 1 aliphatic heterocycles. The minimum absolute atomic E-state index is 0.000555. The van der Waals surface area contributed by atoms with Crippen molar-refractivity contribution in [3.8, 4) is 11.1 Å². The number of amides is 2. The molecule has 248 valence electrons. The van der Waals surface area contributed by atoms with E-state index in [1.54, 1.807) is 23.1 Å². The number of aliphatic hydroxyl groups is 1. The average Bonchev–Trinajstić information content (AvgIpc) is 3.52. The van der Waals surface area contributed by atoms with Gasteiger partial charge in [-0.05, 0) is 59.7 Å². The van der Waals surface area contributed by atoms with Crippen LogP contribution in [0.4, 0.5) is 0 Å². The number of aryl methyl sites for hydroxylation is 1. The Kier molecular flexibility index (Phi) is 12.9. The molecule has 0 radical (unpaired) electrons. The molecule has 0 spiro atoms. The van der Waals surface area contributed by atoms with E-state index in [1.807, 2.05) is 55.5 Å². The summed E-state index contributed by atoms with van der Waals surface area (Å²) in [6, 6.07) is 24.3. The van der Waals surface area contributed by atoms with E-state index in [0.717, 1.165) is 67.7 Å². The summed E-state index contributed by atoms with van der Waals surface area (Å²) >= 11 is 3.23. The topological polar surface area (TPSA) is 123 Å². The van der Waals surface area contributed by atoms with Crippen LogP contribution in [0.25, 0.3) is 11.1 Å². The Morgan fingerprint density at radius 3 is 2.45 bits per heavy atom. The van der Waals surface area contributed by atoms with Gasteiger partial charge in [0.15, 0.2) is 10.6 Å². The molecule has 1 saturated heterocycles. The van der Waals surface area contributed by atoms with Crippen LogP contribution < -0.4 is 10.6 Å². The van der Waals surface area contributed by atoms with E-state index in [9.17, 15) is 14.7 Å². The number of aromatic nitrogens is 2. The molecule has 3 atom stereocenters. The number of hydrogen-bond acceptors (Lipinski definition) is 9. The van der Waals surface area contributed by atoms with Crippen molar-refractivity contribution in [1.29, 1.82) is 0 Å². The lowest BCUT2D eigenvalue weighted by molar-refractivity contribution is -0.245. The first-order valence-corrected chi connectivity index (χ1v) is 17.8. The highest BCUT2D eigenvalue weighted by Gasteiger charge is 2.32. The number of ether oxygens (including phenoxy) is 2. The average molecular weight is 675 g/mol. The Bertz CT molecular complexity index is 1610. The van der Waals surface area contributed by atoms with Crippen molar-refractivity contribution in [2.24, 2.45) is 0 Å². The van der Waals surface area contributed by atoms with Crippen LogP contribution in [-0.4, -0.2) is 45.5 Å². The fourth-order valence-electron chi connectivity index (χ4n) is 5.39. The number of nitrogens with one attached hydrogen (secondary N) is 2. The molecule has 0 aliphatic carbocycles. The smallest absolute Gasteiger partial charge is 0.220 e. The highest BCUT2D eigenvalue weighted by atomic mass is 32.2. The maximum atomic E-state index is 12.4. The van der Waals surface area contributed by atoms with Crippen LogP contribution in [-0.2, 0) is 32.2 Å². The number of unbranched alkanes of at least 4 members (excludes halogenated alkanes) is 2. The van der Waals surface area contributed by atoms with Crippen molar-refractivity contribution in [3.63, 3.8) is 0 Å². The van der Waals surface area contributed by atoms with Crippen LogP contribution in [0.15, 0.2) is 77.1 Å². The third-order valence-corrected chi connectivity index (χ3v) is 9.98. The summed E-state index contributed by atoms with van der Waals surface area (Å²) in [4.78, 5) is 23.4. The lowest BCUT2D eigenvalue weighted by Gasteiger charge is -2.36. The molecule has 2 heterocycles. The highest BCUT2D eigenvalue weighted by Crippen LogP contribution is 2.40. The van der Waals surface area contributed by atoms with Crippen molar-refractivity contribution in [2.45, 2.75) is 81.9 Å². The Labute approximate surface area is 284 Å². The van der Waals surface area contributed by atoms with Crippen LogP contribution >= 0.6 is 23.1 Å². The lowest BCUT2D eigenvalue weighted by atomic mass is 9.99. The molecular formula is C36H42N4O5S2. The number of carbonyl (C=O) groups is 2. The van der Waals surface area contributed by atoms with Crippen LogP contribution in [0.3, 0.4) is 0 Å². The SMILES string of the molecule is CC(=O)NCCCCCC(=O)NCc1cccc(-c2cccc(C3OC(CSc4nnc(C)s4)CC(c4ccc(CO)cc4)O3)c2)c1. The number of hydrogen-bond donors (Lipinski definition) is 3. The number of benzene rings is 3. The quantitative estimate of drug-likeness (QED) is 0.0946. The van der Waals surface area contributed by atoms with E-state index in [0.29, 0.717) is 25.9 Å². The van der Waals surface area contributed by atoms with Gasteiger partial charge in [0.05, 0.1) is 18.8 Å². The van der Waals surface area contributed by atoms with Crippen LogP contribution in [0.2, 0.25) is 0 Å². The van der Waals surface area contributed by atoms with Crippen molar-refractivity contribution in [2.75, 3.05) is 12.3 Å². The second-order valence-corrected chi connectivity index (χ2v) is 14.1. The normalized spacial score (nSPS) is 17.7. The summed E-state index contributed by atoms with van der Waals surface area (Å²) in [6.45, 7) is 4.57. The Hall–Kier alpha value is -3.61. The van der Waals surface area contributed by atoms with Gasteiger partial charge in [-0.15, -0.1) is 10.2 Å². The molecule has 4 aromatic rings. The Morgan fingerprint density at radius 1 is 0.915 bits per heavy atom. The molecule has 5 rings (SSSR count). The summed E-state index contributed by atoms with van der Waals surface area (Å²) in [5, 5.41) is 24.7. The molecule has 9 nitrogen and oxygen atoms in total. The van der Waals surface area contributed by atoms with Crippen molar-refractivity contribution in [3.05, 3.63) is 100 Å². The first-order chi connectivity index (χ1) is 22.9. The molecule has 1 fully saturated rings. The summed E-state index contributed by atoms with van der Waals surface area (Å²) < 4.78 is 14.1. The summed E-state index contributed by atoms with van der Waals surface area (Å²) in [5.74, 6) is 0.726. The largest absolute Gasteiger partial charge is 0.392 e. The minimum Gasteiger partial charge on any atom is -0.392 e. The number of nitrogens with zero attached hydrogens (tertiary/aromatic N) is 2. The van der Waals surface area contributed by atoms with E-state index in [1.165, 1.54) is 6.92 Å². The van der Waals surface area contributed by atoms with Crippen LogP contribution in [0.1, 0.15) is 78.7 Å². The molecule has 3 aromatic carbocycles. The highest BCUT2D eigenvalue weighted by molar-refractivity contribution is 8.01. The summed E-state index contributed by atoms with van der Waals surface area (Å²) in [7, 11) is 0. The van der Waals surface area contributed by atoms with Crippen LogP contribution in [0, 0.1) is 6.92 Å². The van der Waals surface area contributed by atoms with Crippen molar-refractivity contribution >= 4 is 34.9 Å². The van der Waals surface area contributed by atoms with Gasteiger partial charge in [0.25, 0.3) is 0 Å². The van der Waals surface area contributed by atoms with Gasteiger partial charge in [-0.25, -0.2) is 0 Å². The summed E-state index contributed by atoms with van der Waals surface area (Å²) in [6.07, 6.45) is 2.92. The molecular weight excluding hydrogens is 633 g/mol. The maximum absolute atomic E-state index is 12.4. The predicted octanol–water partition coefficient (Wildman–Crippen LogP) is 6.66. The molecule has 0 bridgehead atoms. The van der Waals surface area contributed by atoms with E-state index >= 15 is 0 Å². The van der Waals surface area contributed by atoms with Gasteiger partial charge in [-0.1, -0.05) is 90.2 Å². The van der Waals surface area contributed by atoms with E-state index in [-0.39, 0.29) is 30.6 Å². The Morgan fingerprint density at radius 2 is 1.70 bits per heavy atom. The Balaban J connectivity index is 1.23. The monoisotopic (exact) mass is 674 g/mol. The zero-order valence-corrected chi connectivity index (χ0v) is 28.4. The van der Waals surface area contributed by atoms with Gasteiger partial charge in [0.1, 0.15) is 5.01 Å². The van der Waals surface area contributed by atoms with E-state index < -0.39 is 6.29 Å². The molecule has 47 heavy (non-hydrogen) atoms. The molecule has 3 N–H and O–H groups in total. The van der Waals surface area contributed by atoms with Gasteiger partial charge >= 0.3 is 0 Å². The van der Waals surface area contributed by atoms with Crippen LogP contribution in [0.5, 0.6) is 0 Å². The first kappa shape index (κ1) is 34.7. The second kappa shape index (κ2) is 17.5.